The molecule has 0 radical (unpaired) electrons. The number of carbonyl (C=O) groups excluding carboxylic acids is 2. The molecule has 9 nitrogen and oxygen atoms in total. The Labute approximate surface area is 236 Å². The first-order chi connectivity index (χ1) is 19.2. The van der Waals surface area contributed by atoms with Crippen LogP contribution in [0.2, 0.25) is 5.02 Å². The largest absolute Gasteiger partial charge is 0.394 e. The minimum atomic E-state index is -1.18. The Morgan fingerprint density at radius 1 is 1.30 bits per heavy atom. The number of aliphatic hydroxyl groups is 1. The van der Waals surface area contributed by atoms with E-state index in [9.17, 15) is 19.1 Å². The quantitative estimate of drug-likeness (QED) is 0.379. The monoisotopic (exact) mass is 567 g/mol. The molecule has 1 fully saturated rings. The molecular formula is C29H31ClFN5O4. The van der Waals surface area contributed by atoms with Crippen LogP contribution in [0.1, 0.15) is 46.4 Å². The van der Waals surface area contributed by atoms with Crippen LogP contribution in [0.3, 0.4) is 0 Å². The van der Waals surface area contributed by atoms with Gasteiger partial charge in [-0.1, -0.05) is 53.6 Å². The fraction of sp³-hybridized carbons (Fsp3) is 0.379. The summed E-state index contributed by atoms with van der Waals surface area (Å²) >= 11 is 6.42. The molecule has 1 aromatic heterocycles. The zero-order chi connectivity index (χ0) is 28.4. The zero-order valence-corrected chi connectivity index (χ0v) is 23.0. The number of aromatic nitrogens is 2. The van der Waals surface area contributed by atoms with Gasteiger partial charge in [-0.2, -0.15) is 0 Å². The van der Waals surface area contributed by atoms with Gasteiger partial charge in [0.1, 0.15) is 12.2 Å². The van der Waals surface area contributed by atoms with Gasteiger partial charge < -0.3 is 25.4 Å². The number of benzene rings is 2. The van der Waals surface area contributed by atoms with E-state index in [4.69, 9.17) is 16.3 Å². The highest BCUT2D eigenvalue weighted by atomic mass is 35.5. The molecule has 3 aromatic rings. The van der Waals surface area contributed by atoms with Crippen LogP contribution in [0.25, 0.3) is 11.3 Å². The first kappa shape index (κ1) is 27.9. The van der Waals surface area contributed by atoms with Crippen molar-refractivity contribution in [3.63, 3.8) is 0 Å². The van der Waals surface area contributed by atoms with Crippen LogP contribution in [-0.4, -0.2) is 69.9 Å². The van der Waals surface area contributed by atoms with Crippen LogP contribution in [0, 0.1) is 6.92 Å². The average Bonchev–Trinajstić information content (AvgIpc) is 3.28. The highest BCUT2D eigenvalue weighted by molar-refractivity contribution is 6.33. The summed E-state index contributed by atoms with van der Waals surface area (Å²) in [5, 5.41) is 16.1. The van der Waals surface area contributed by atoms with Crippen molar-refractivity contribution >= 4 is 29.4 Å². The minimum Gasteiger partial charge on any atom is -0.394 e. The van der Waals surface area contributed by atoms with E-state index >= 15 is 0 Å². The molecule has 0 aliphatic carbocycles. The number of alkyl halides is 1. The van der Waals surface area contributed by atoms with Gasteiger partial charge in [0.2, 0.25) is 11.9 Å². The van der Waals surface area contributed by atoms with Crippen molar-refractivity contribution in [2.24, 2.45) is 0 Å². The van der Waals surface area contributed by atoms with E-state index in [-0.39, 0.29) is 42.5 Å². The summed E-state index contributed by atoms with van der Waals surface area (Å²) in [5.41, 5.74) is 4.04. The van der Waals surface area contributed by atoms with E-state index < -0.39 is 24.3 Å². The highest BCUT2D eigenvalue weighted by Gasteiger charge is 2.35. The van der Waals surface area contributed by atoms with E-state index in [0.29, 0.717) is 29.8 Å². The fourth-order valence-electron chi connectivity index (χ4n) is 5.01. The van der Waals surface area contributed by atoms with Gasteiger partial charge in [-0.25, -0.2) is 14.4 Å². The maximum Gasteiger partial charge on any atom is 0.255 e. The van der Waals surface area contributed by atoms with Gasteiger partial charge in [0.15, 0.2) is 0 Å². The predicted molar refractivity (Wildman–Crippen MR) is 149 cm³/mol. The molecule has 5 rings (SSSR count). The van der Waals surface area contributed by atoms with Crippen molar-refractivity contribution < 1.29 is 23.8 Å². The predicted octanol–water partition coefficient (Wildman–Crippen LogP) is 3.84. The van der Waals surface area contributed by atoms with Crippen molar-refractivity contribution in [3.05, 3.63) is 75.9 Å². The number of halogens is 2. The Kier molecular flexibility index (Phi) is 8.30. The minimum absolute atomic E-state index is 0.0184. The third kappa shape index (κ3) is 5.79. The molecule has 0 spiro atoms. The lowest BCUT2D eigenvalue weighted by molar-refractivity contribution is -0.126. The topological polar surface area (TPSA) is 117 Å². The molecule has 0 bridgehead atoms. The summed E-state index contributed by atoms with van der Waals surface area (Å²) in [5.74, 6) is -0.419. The molecule has 2 aromatic carbocycles. The molecule has 4 unspecified atom stereocenters. The van der Waals surface area contributed by atoms with Gasteiger partial charge in [0, 0.05) is 24.3 Å². The van der Waals surface area contributed by atoms with Crippen LogP contribution in [-0.2, 0) is 16.1 Å². The first-order valence-electron chi connectivity index (χ1n) is 13.2. The van der Waals surface area contributed by atoms with Gasteiger partial charge in [-0.3, -0.25) is 9.59 Å². The lowest BCUT2D eigenvalue weighted by Crippen LogP contribution is -2.46. The molecule has 210 valence electrons. The second-order valence-corrected chi connectivity index (χ2v) is 10.6. The third-order valence-electron chi connectivity index (χ3n) is 7.35. The van der Waals surface area contributed by atoms with Crippen molar-refractivity contribution in [2.45, 2.75) is 51.1 Å². The number of ether oxygens (including phenoxy) is 1. The summed E-state index contributed by atoms with van der Waals surface area (Å²) in [6, 6.07) is 11.1. The van der Waals surface area contributed by atoms with Gasteiger partial charge in [0.05, 0.1) is 42.2 Å². The van der Waals surface area contributed by atoms with E-state index in [0.717, 1.165) is 16.7 Å². The Hall–Kier alpha value is -3.60. The van der Waals surface area contributed by atoms with Crippen molar-refractivity contribution in [1.82, 2.24) is 20.2 Å². The Morgan fingerprint density at radius 2 is 2.12 bits per heavy atom. The second-order valence-electron chi connectivity index (χ2n) is 10.2. The molecule has 4 atom stereocenters. The van der Waals surface area contributed by atoms with Crippen molar-refractivity contribution in [2.75, 3.05) is 25.1 Å². The molecule has 1 saturated heterocycles. The number of hydrogen-bond acceptors (Lipinski definition) is 7. The number of anilines is 1. The van der Waals surface area contributed by atoms with Gasteiger partial charge in [-0.05, 0) is 37.5 Å². The van der Waals surface area contributed by atoms with Gasteiger partial charge >= 0.3 is 0 Å². The Bertz CT molecular complexity index is 1420. The van der Waals surface area contributed by atoms with E-state index in [1.807, 2.05) is 43.3 Å². The molecule has 3 N–H and O–H groups in total. The Balaban J connectivity index is 1.31. The highest BCUT2D eigenvalue weighted by Crippen LogP contribution is 2.32. The second kappa shape index (κ2) is 11.9. The van der Waals surface area contributed by atoms with Gasteiger partial charge in [-0.15, -0.1) is 0 Å². The number of amides is 2. The maximum atomic E-state index is 14.2. The zero-order valence-electron chi connectivity index (χ0n) is 22.2. The van der Waals surface area contributed by atoms with Crippen molar-refractivity contribution in [1.29, 1.82) is 0 Å². The normalized spacial score (nSPS) is 20.1. The number of rotatable bonds is 8. The number of nitrogens with one attached hydrogen (secondary N) is 2. The summed E-state index contributed by atoms with van der Waals surface area (Å²) < 4.78 is 19.4. The SMILES string of the molecule is Cc1cccc(C(CO)NC(=O)C(C)N2Cc3ccc(-c4nc(NC5CCOCC5F)ncc4Cl)cc3C2=O)c1. The molecule has 2 amide bonds. The molecule has 2 aliphatic heterocycles. The number of aliphatic hydroxyl groups excluding tert-OH is 1. The van der Waals surface area contributed by atoms with E-state index in [2.05, 4.69) is 20.6 Å². The molecule has 40 heavy (non-hydrogen) atoms. The fourth-order valence-corrected chi connectivity index (χ4v) is 5.21. The number of fused-ring (bicyclic) bond motifs is 1. The molecule has 3 heterocycles. The molecule has 11 heteroatoms. The van der Waals surface area contributed by atoms with Crippen LogP contribution in [0.4, 0.5) is 10.3 Å². The number of aryl methyl sites for hydroxylation is 1. The summed E-state index contributed by atoms with van der Waals surface area (Å²) in [6.45, 7) is 4.07. The maximum absolute atomic E-state index is 14.2. The van der Waals surface area contributed by atoms with Crippen LogP contribution in [0.5, 0.6) is 0 Å². The summed E-state index contributed by atoms with van der Waals surface area (Å²) in [4.78, 5) is 36.7. The molecule has 2 aliphatic rings. The van der Waals surface area contributed by atoms with Gasteiger partial charge in [0.25, 0.3) is 5.91 Å². The Morgan fingerprint density at radius 3 is 2.88 bits per heavy atom. The number of nitrogens with zero attached hydrogens (tertiary/aromatic N) is 3. The number of hydrogen-bond donors (Lipinski definition) is 3. The lowest BCUT2D eigenvalue weighted by atomic mass is 10.0. The van der Waals surface area contributed by atoms with Crippen LogP contribution < -0.4 is 10.6 Å². The number of carbonyl (C=O) groups is 2. The average molecular weight is 568 g/mol. The lowest BCUT2D eigenvalue weighted by Gasteiger charge is -2.26. The smallest absolute Gasteiger partial charge is 0.255 e. The first-order valence-corrected chi connectivity index (χ1v) is 13.6. The third-order valence-corrected chi connectivity index (χ3v) is 7.63. The van der Waals surface area contributed by atoms with E-state index in [1.54, 1.807) is 13.0 Å². The van der Waals surface area contributed by atoms with Crippen LogP contribution >= 0.6 is 11.6 Å². The molecule has 0 saturated carbocycles. The standard InChI is InChI=1S/C29H31ClFN5O4/c1-16-4-3-5-18(10-16)25(14-37)33-27(38)17(2)36-13-20-7-6-19(11-21(20)28(36)39)26-22(30)12-32-29(35-26)34-24-8-9-40-15-23(24)31/h3-7,10-12,17,23-25,37H,8-9,13-15H2,1-2H3,(H,33,38)(H,32,34,35). The van der Waals surface area contributed by atoms with Crippen molar-refractivity contribution in [3.8, 4) is 11.3 Å². The summed E-state index contributed by atoms with van der Waals surface area (Å²) in [6.07, 6.45) is 0.753. The molecular weight excluding hydrogens is 537 g/mol. The van der Waals surface area contributed by atoms with Crippen LogP contribution in [0.15, 0.2) is 48.7 Å². The summed E-state index contributed by atoms with van der Waals surface area (Å²) in [7, 11) is 0. The van der Waals surface area contributed by atoms with E-state index in [1.165, 1.54) is 11.1 Å².